The van der Waals surface area contributed by atoms with E-state index >= 15 is 0 Å². The molecule has 4 rings (SSSR count). The Labute approximate surface area is 171 Å². The summed E-state index contributed by atoms with van der Waals surface area (Å²) in [5.74, 6) is 3.04. The first-order valence-corrected chi connectivity index (χ1v) is 10.3. The second kappa shape index (κ2) is 9.36. The van der Waals surface area contributed by atoms with Crippen LogP contribution in [0, 0.1) is 0 Å². The van der Waals surface area contributed by atoms with E-state index in [-0.39, 0.29) is 0 Å². The van der Waals surface area contributed by atoms with Crippen molar-refractivity contribution in [3.8, 4) is 0 Å². The highest BCUT2D eigenvalue weighted by atomic mass is 15.4. The summed E-state index contributed by atoms with van der Waals surface area (Å²) in [5.41, 5.74) is 0.894. The van der Waals surface area contributed by atoms with Gasteiger partial charge in [0.1, 0.15) is 11.6 Å². The van der Waals surface area contributed by atoms with Crippen molar-refractivity contribution in [2.24, 2.45) is 4.99 Å². The number of aromatic nitrogens is 4. The number of hydrogen-bond acceptors (Lipinski definition) is 5. The van der Waals surface area contributed by atoms with E-state index in [1.54, 1.807) is 0 Å². The molecule has 1 aliphatic rings. The number of nitrogens with zero attached hydrogens (tertiary/aromatic N) is 7. The SMILES string of the molecule is CCNC(=NCCCc1nnc2ccccn12)N1CCN(c2ccccn2)CC1. The monoisotopic (exact) mass is 392 g/mol. The number of anilines is 1. The average molecular weight is 393 g/mol. The summed E-state index contributed by atoms with van der Waals surface area (Å²) >= 11 is 0. The molecule has 29 heavy (non-hydrogen) atoms. The molecular weight excluding hydrogens is 364 g/mol. The summed E-state index contributed by atoms with van der Waals surface area (Å²) in [5, 5.41) is 12.0. The average Bonchev–Trinajstić information content (AvgIpc) is 3.20. The minimum atomic E-state index is 0.768. The summed E-state index contributed by atoms with van der Waals surface area (Å²) < 4.78 is 2.05. The third-order valence-electron chi connectivity index (χ3n) is 5.09. The van der Waals surface area contributed by atoms with Crippen molar-refractivity contribution < 1.29 is 0 Å². The van der Waals surface area contributed by atoms with E-state index in [9.17, 15) is 0 Å². The summed E-state index contributed by atoms with van der Waals surface area (Å²) in [6.45, 7) is 7.54. The Morgan fingerprint density at radius 3 is 2.72 bits per heavy atom. The number of piperazine rings is 1. The van der Waals surface area contributed by atoms with Crippen molar-refractivity contribution in [1.82, 2.24) is 29.8 Å². The number of guanidine groups is 1. The van der Waals surface area contributed by atoms with Crippen LogP contribution in [0.5, 0.6) is 0 Å². The molecule has 0 bridgehead atoms. The third-order valence-corrected chi connectivity index (χ3v) is 5.09. The van der Waals surface area contributed by atoms with Gasteiger partial charge in [0, 0.05) is 58.1 Å². The van der Waals surface area contributed by atoms with Crippen LogP contribution < -0.4 is 10.2 Å². The Morgan fingerprint density at radius 1 is 1.07 bits per heavy atom. The molecule has 1 aliphatic heterocycles. The quantitative estimate of drug-likeness (QED) is 0.392. The molecule has 0 spiro atoms. The molecule has 152 valence electrons. The molecule has 0 aromatic carbocycles. The van der Waals surface area contributed by atoms with Crippen LogP contribution in [-0.4, -0.2) is 69.7 Å². The number of hydrogen-bond donors (Lipinski definition) is 1. The van der Waals surface area contributed by atoms with Gasteiger partial charge in [-0.05, 0) is 37.6 Å². The second-order valence-electron chi connectivity index (χ2n) is 7.05. The number of aryl methyl sites for hydroxylation is 1. The predicted molar refractivity (Wildman–Crippen MR) is 115 cm³/mol. The first-order valence-electron chi connectivity index (χ1n) is 10.3. The second-order valence-corrected chi connectivity index (χ2v) is 7.05. The molecule has 0 amide bonds. The highest BCUT2D eigenvalue weighted by Crippen LogP contribution is 2.12. The van der Waals surface area contributed by atoms with Gasteiger partial charge in [0.05, 0.1) is 0 Å². The minimum absolute atomic E-state index is 0.768. The van der Waals surface area contributed by atoms with Gasteiger partial charge >= 0.3 is 0 Å². The van der Waals surface area contributed by atoms with Gasteiger partial charge in [-0.25, -0.2) is 4.98 Å². The van der Waals surface area contributed by atoms with E-state index < -0.39 is 0 Å². The van der Waals surface area contributed by atoms with Gasteiger partial charge in [-0.1, -0.05) is 12.1 Å². The van der Waals surface area contributed by atoms with Crippen LogP contribution in [0.2, 0.25) is 0 Å². The molecule has 1 N–H and O–H groups in total. The lowest BCUT2D eigenvalue weighted by molar-refractivity contribution is 0.371. The van der Waals surface area contributed by atoms with Crippen molar-refractivity contribution in [1.29, 1.82) is 0 Å². The Kier molecular flexibility index (Phi) is 6.19. The first kappa shape index (κ1) is 19.2. The van der Waals surface area contributed by atoms with E-state index in [1.165, 1.54) is 0 Å². The summed E-state index contributed by atoms with van der Waals surface area (Å²) in [7, 11) is 0. The molecule has 3 aromatic heterocycles. The van der Waals surface area contributed by atoms with Gasteiger partial charge in [-0.15, -0.1) is 10.2 Å². The lowest BCUT2D eigenvalue weighted by Gasteiger charge is -2.37. The van der Waals surface area contributed by atoms with Gasteiger partial charge in [0.2, 0.25) is 0 Å². The zero-order valence-corrected chi connectivity index (χ0v) is 16.9. The molecule has 3 aromatic rings. The molecule has 0 aliphatic carbocycles. The Balaban J connectivity index is 1.31. The Bertz CT molecular complexity index is 928. The van der Waals surface area contributed by atoms with Crippen molar-refractivity contribution in [2.45, 2.75) is 19.8 Å². The number of nitrogens with one attached hydrogen (secondary N) is 1. The topological polar surface area (TPSA) is 74.0 Å². The minimum Gasteiger partial charge on any atom is -0.357 e. The molecule has 8 heteroatoms. The van der Waals surface area contributed by atoms with Gasteiger partial charge in [-0.3, -0.25) is 9.39 Å². The Morgan fingerprint density at radius 2 is 1.93 bits per heavy atom. The maximum absolute atomic E-state index is 4.85. The molecule has 1 fully saturated rings. The molecule has 0 saturated carbocycles. The van der Waals surface area contributed by atoms with Crippen LogP contribution in [0.15, 0.2) is 53.8 Å². The van der Waals surface area contributed by atoms with Crippen molar-refractivity contribution >= 4 is 17.4 Å². The molecule has 8 nitrogen and oxygen atoms in total. The van der Waals surface area contributed by atoms with E-state index in [2.05, 4.69) is 43.3 Å². The number of rotatable bonds is 6. The van der Waals surface area contributed by atoms with Gasteiger partial charge < -0.3 is 15.1 Å². The number of pyridine rings is 2. The zero-order valence-electron chi connectivity index (χ0n) is 16.9. The highest BCUT2D eigenvalue weighted by Gasteiger charge is 2.20. The van der Waals surface area contributed by atoms with Gasteiger partial charge in [-0.2, -0.15) is 0 Å². The molecular formula is C21H28N8. The normalized spacial score (nSPS) is 15.1. The van der Waals surface area contributed by atoms with Gasteiger partial charge in [0.25, 0.3) is 0 Å². The number of aliphatic imine (C=N–C) groups is 1. The van der Waals surface area contributed by atoms with E-state index in [4.69, 9.17) is 4.99 Å². The fourth-order valence-corrected chi connectivity index (χ4v) is 3.60. The van der Waals surface area contributed by atoms with Crippen molar-refractivity contribution in [3.63, 3.8) is 0 Å². The standard InChI is InChI=1S/C21H28N8/c1-2-22-21(28-16-14-27(15-17-28)18-8-3-5-11-23-18)24-12-7-10-20-26-25-19-9-4-6-13-29(19)20/h3-6,8-9,11,13H,2,7,10,12,14-17H2,1H3,(H,22,24). The van der Waals surface area contributed by atoms with Crippen LogP contribution in [0.1, 0.15) is 19.2 Å². The zero-order chi connectivity index (χ0) is 19.9. The lowest BCUT2D eigenvalue weighted by Crippen LogP contribution is -2.52. The fraction of sp³-hybridized carbons (Fsp3) is 0.429. The van der Waals surface area contributed by atoms with E-state index in [0.717, 1.165) is 75.4 Å². The lowest BCUT2D eigenvalue weighted by atomic mass is 10.3. The van der Waals surface area contributed by atoms with E-state index in [0.29, 0.717) is 0 Å². The van der Waals surface area contributed by atoms with Crippen LogP contribution in [0.3, 0.4) is 0 Å². The smallest absolute Gasteiger partial charge is 0.194 e. The molecule has 4 heterocycles. The van der Waals surface area contributed by atoms with Crippen LogP contribution in [0.25, 0.3) is 5.65 Å². The summed E-state index contributed by atoms with van der Waals surface area (Å²) in [6, 6.07) is 12.0. The van der Waals surface area contributed by atoms with Crippen LogP contribution in [-0.2, 0) is 6.42 Å². The van der Waals surface area contributed by atoms with Crippen molar-refractivity contribution in [2.75, 3.05) is 44.2 Å². The molecule has 0 unspecified atom stereocenters. The maximum Gasteiger partial charge on any atom is 0.194 e. The predicted octanol–water partition coefficient (Wildman–Crippen LogP) is 1.84. The molecule has 0 radical (unpaired) electrons. The first-order chi connectivity index (χ1) is 14.3. The van der Waals surface area contributed by atoms with Crippen molar-refractivity contribution in [3.05, 3.63) is 54.6 Å². The largest absolute Gasteiger partial charge is 0.357 e. The molecule has 1 saturated heterocycles. The van der Waals surface area contributed by atoms with Crippen LogP contribution in [0.4, 0.5) is 5.82 Å². The van der Waals surface area contributed by atoms with Crippen LogP contribution >= 0.6 is 0 Å². The highest BCUT2D eigenvalue weighted by molar-refractivity contribution is 5.80. The fourth-order valence-electron chi connectivity index (χ4n) is 3.60. The third kappa shape index (κ3) is 4.64. The van der Waals surface area contributed by atoms with E-state index in [1.807, 2.05) is 47.1 Å². The summed E-state index contributed by atoms with van der Waals surface area (Å²) in [6.07, 6.45) is 5.67. The maximum atomic E-state index is 4.85. The number of fused-ring (bicyclic) bond motifs is 1. The van der Waals surface area contributed by atoms with Gasteiger partial charge in [0.15, 0.2) is 11.6 Å². The Hall–Kier alpha value is -3.16. The molecule has 0 atom stereocenters. The summed E-state index contributed by atoms with van der Waals surface area (Å²) in [4.78, 5) is 14.0.